The molecule has 8 heteroatoms. The van der Waals surface area contributed by atoms with Crippen LogP contribution in [0.15, 0.2) is 42.7 Å². The van der Waals surface area contributed by atoms with Gasteiger partial charge in [0.05, 0.1) is 12.2 Å². The third kappa shape index (κ3) is 3.48. The number of carbonyl (C=O) groups excluding carboxylic acids is 1. The van der Waals surface area contributed by atoms with Crippen molar-refractivity contribution in [3.8, 4) is 0 Å². The van der Waals surface area contributed by atoms with Crippen molar-refractivity contribution in [1.29, 1.82) is 0 Å². The van der Waals surface area contributed by atoms with Gasteiger partial charge in [-0.25, -0.2) is 4.68 Å². The lowest BCUT2D eigenvalue weighted by molar-refractivity contribution is -0.123. The second-order valence-electron chi connectivity index (χ2n) is 5.54. The van der Waals surface area contributed by atoms with Gasteiger partial charge in [-0.05, 0) is 35.9 Å². The number of benzene rings is 1. The number of amides is 1. The molecule has 3 rings (SSSR count). The first-order valence-corrected chi connectivity index (χ1v) is 7.71. The van der Waals surface area contributed by atoms with E-state index < -0.39 is 6.04 Å². The molecule has 1 atom stereocenters. The maximum atomic E-state index is 12.7. The highest BCUT2D eigenvalue weighted by Crippen LogP contribution is 2.16. The van der Waals surface area contributed by atoms with Gasteiger partial charge in [0.1, 0.15) is 6.33 Å². The van der Waals surface area contributed by atoms with Crippen molar-refractivity contribution in [1.82, 2.24) is 35.3 Å². The van der Waals surface area contributed by atoms with Crippen LogP contribution < -0.4 is 5.32 Å². The molecule has 1 aromatic carbocycles. The summed E-state index contributed by atoms with van der Waals surface area (Å²) in [6, 6.07) is 10.9. The van der Waals surface area contributed by atoms with Gasteiger partial charge in [0.15, 0.2) is 6.04 Å². The average molecular weight is 325 g/mol. The van der Waals surface area contributed by atoms with E-state index in [-0.39, 0.29) is 5.91 Å². The Labute approximate surface area is 139 Å². The molecule has 8 nitrogen and oxygen atoms in total. The number of nitrogens with zero attached hydrogens (tertiary/aromatic N) is 6. The molecule has 0 aliphatic rings. The highest BCUT2D eigenvalue weighted by molar-refractivity contribution is 5.83. The third-order valence-corrected chi connectivity index (χ3v) is 3.72. The maximum absolute atomic E-state index is 12.7. The number of hydrogen-bond acceptors (Lipinski definition) is 5. The van der Waals surface area contributed by atoms with E-state index in [1.165, 1.54) is 11.0 Å². The lowest BCUT2D eigenvalue weighted by Crippen LogP contribution is -2.35. The zero-order valence-corrected chi connectivity index (χ0v) is 13.6. The quantitative estimate of drug-likeness (QED) is 0.727. The van der Waals surface area contributed by atoms with Gasteiger partial charge in [-0.3, -0.25) is 9.48 Å². The number of carbonyl (C=O) groups is 1. The number of aromatic nitrogens is 6. The Morgan fingerprint density at radius 2 is 2.04 bits per heavy atom. The van der Waals surface area contributed by atoms with Crippen molar-refractivity contribution in [2.24, 2.45) is 0 Å². The fourth-order valence-electron chi connectivity index (χ4n) is 2.63. The minimum Gasteiger partial charge on any atom is -0.352 e. The van der Waals surface area contributed by atoms with Crippen LogP contribution in [0.2, 0.25) is 0 Å². The summed E-state index contributed by atoms with van der Waals surface area (Å²) in [7, 11) is 0. The Balaban J connectivity index is 1.69. The molecule has 0 spiro atoms. The predicted molar refractivity (Wildman–Crippen MR) is 87.1 cm³/mol. The molecular weight excluding hydrogens is 306 g/mol. The van der Waals surface area contributed by atoms with Crippen molar-refractivity contribution >= 4 is 5.91 Å². The Bertz CT molecular complexity index is 795. The number of aryl methyl sites for hydroxylation is 2. The molecule has 0 bridgehead atoms. The smallest absolute Gasteiger partial charge is 0.249 e. The molecule has 0 unspecified atom stereocenters. The van der Waals surface area contributed by atoms with Crippen LogP contribution >= 0.6 is 0 Å². The lowest BCUT2D eigenvalue weighted by Gasteiger charge is -2.16. The fourth-order valence-corrected chi connectivity index (χ4v) is 2.63. The Hall–Kier alpha value is -3.03. The molecule has 124 valence electrons. The first-order chi connectivity index (χ1) is 11.6. The number of rotatable bonds is 6. The van der Waals surface area contributed by atoms with E-state index in [9.17, 15) is 4.79 Å². The van der Waals surface area contributed by atoms with Crippen molar-refractivity contribution in [3.63, 3.8) is 0 Å². The summed E-state index contributed by atoms with van der Waals surface area (Å²) >= 11 is 0. The predicted octanol–water partition coefficient (Wildman–Crippen LogP) is 0.892. The van der Waals surface area contributed by atoms with Crippen LogP contribution in [-0.4, -0.2) is 42.4 Å². The number of nitrogens with one attached hydrogen (secondary N) is 1. The van der Waals surface area contributed by atoms with E-state index in [0.717, 1.165) is 17.0 Å². The van der Waals surface area contributed by atoms with Crippen LogP contribution in [0.4, 0.5) is 0 Å². The van der Waals surface area contributed by atoms with E-state index in [4.69, 9.17) is 0 Å². The van der Waals surface area contributed by atoms with Crippen molar-refractivity contribution in [2.75, 3.05) is 6.54 Å². The zero-order chi connectivity index (χ0) is 16.9. The molecule has 0 fully saturated rings. The average Bonchev–Trinajstić information content (AvgIpc) is 3.19. The van der Waals surface area contributed by atoms with Gasteiger partial charge in [0.25, 0.3) is 0 Å². The van der Waals surface area contributed by atoms with Crippen LogP contribution in [0.25, 0.3) is 0 Å². The van der Waals surface area contributed by atoms with Gasteiger partial charge >= 0.3 is 0 Å². The molecule has 0 saturated carbocycles. The number of hydrogen-bond donors (Lipinski definition) is 1. The SMILES string of the molecule is Cc1cc(C)n(CCNC(=O)[C@H](c2ccccc2)n2cnnn2)n1. The topological polar surface area (TPSA) is 90.5 Å². The standard InChI is InChI=1S/C16H19N7O/c1-12-10-13(2)22(19-12)9-8-17-16(24)15(23-11-18-20-21-23)14-6-4-3-5-7-14/h3-7,10-11,15H,8-9H2,1-2H3,(H,17,24)/t15-/m0/s1. The second kappa shape index (κ2) is 7.03. The molecule has 1 amide bonds. The summed E-state index contributed by atoms with van der Waals surface area (Å²) in [5.74, 6) is -0.157. The molecule has 3 aromatic rings. The van der Waals surface area contributed by atoms with Gasteiger partial charge in [-0.15, -0.1) is 5.10 Å². The normalized spacial score (nSPS) is 12.1. The monoisotopic (exact) mass is 325 g/mol. The lowest BCUT2D eigenvalue weighted by atomic mass is 10.1. The van der Waals surface area contributed by atoms with E-state index in [2.05, 4.69) is 25.9 Å². The fraction of sp³-hybridized carbons (Fsp3) is 0.312. The first kappa shape index (κ1) is 15.9. The number of tetrazole rings is 1. The minimum absolute atomic E-state index is 0.157. The summed E-state index contributed by atoms with van der Waals surface area (Å²) in [6.07, 6.45) is 1.44. The van der Waals surface area contributed by atoms with Gasteiger partial charge in [0, 0.05) is 12.2 Å². The summed E-state index contributed by atoms with van der Waals surface area (Å²) in [6.45, 7) is 5.04. The first-order valence-electron chi connectivity index (χ1n) is 7.71. The van der Waals surface area contributed by atoms with E-state index in [1.54, 1.807) is 0 Å². The second-order valence-corrected chi connectivity index (χ2v) is 5.54. The zero-order valence-electron chi connectivity index (χ0n) is 13.6. The van der Waals surface area contributed by atoms with Gasteiger partial charge in [-0.1, -0.05) is 30.3 Å². The van der Waals surface area contributed by atoms with Gasteiger partial charge < -0.3 is 5.32 Å². The molecule has 0 radical (unpaired) electrons. The highest BCUT2D eigenvalue weighted by atomic mass is 16.2. The summed E-state index contributed by atoms with van der Waals surface area (Å²) in [5.41, 5.74) is 2.87. The van der Waals surface area contributed by atoms with Crippen LogP contribution in [0.1, 0.15) is 23.0 Å². The van der Waals surface area contributed by atoms with Gasteiger partial charge in [0.2, 0.25) is 5.91 Å². The van der Waals surface area contributed by atoms with Crippen molar-refractivity contribution < 1.29 is 4.79 Å². The van der Waals surface area contributed by atoms with E-state index in [1.807, 2.05) is 54.9 Å². The summed E-state index contributed by atoms with van der Waals surface area (Å²) < 4.78 is 3.33. The van der Waals surface area contributed by atoms with Crippen molar-refractivity contribution in [2.45, 2.75) is 26.4 Å². The molecule has 0 aliphatic carbocycles. The molecule has 2 aromatic heterocycles. The van der Waals surface area contributed by atoms with E-state index in [0.29, 0.717) is 13.1 Å². The maximum Gasteiger partial charge on any atom is 0.249 e. The van der Waals surface area contributed by atoms with Crippen LogP contribution in [0, 0.1) is 13.8 Å². The third-order valence-electron chi connectivity index (χ3n) is 3.72. The molecule has 0 aliphatic heterocycles. The Kier molecular flexibility index (Phi) is 4.64. The van der Waals surface area contributed by atoms with Crippen LogP contribution in [0.5, 0.6) is 0 Å². The Morgan fingerprint density at radius 3 is 2.67 bits per heavy atom. The van der Waals surface area contributed by atoms with Crippen molar-refractivity contribution in [3.05, 3.63) is 59.7 Å². The summed E-state index contributed by atoms with van der Waals surface area (Å²) in [4.78, 5) is 12.7. The summed E-state index contributed by atoms with van der Waals surface area (Å²) in [5, 5.41) is 18.5. The molecular formula is C16H19N7O. The van der Waals surface area contributed by atoms with Gasteiger partial charge in [-0.2, -0.15) is 5.10 Å². The minimum atomic E-state index is -0.596. The molecule has 24 heavy (non-hydrogen) atoms. The molecule has 1 N–H and O–H groups in total. The van der Waals surface area contributed by atoms with Crippen LogP contribution in [0.3, 0.4) is 0 Å². The van der Waals surface area contributed by atoms with E-state index >= 15 is 0 Å². The molecule has 0 saturated heterocycles. The Morgan fingerprint density at radius 1 is 1.25 bits per heavy atom. The molecule has 2 heterocycles. The van der Waals surface area contributed by atoms with Crippen LogP contribution in [-0.2, 0) is 11.3 Å². The highest BCUT2D eigenvalue weighted by Gasteiger charge is 2.23. The largest absolute Gasteiger partial charge is 0.352 e.